The summed E-state index contributed by atoms with van der Waals surface area (Å²) in [6.07, 6.45) is 4.37. The molecule has 7 nitrogen and oxygen atoms in total. The van der Waals surface area contributed by atoms with Crippen LogP contribution in [0.2, 0.25) is 0 Å². The van der Waals surface area contributed by atoms with Gasteiger partial charge in [-0.3, -0.25) is 9.78 Å². The number of aromatic nitrogens is 5. The molecule has 0 amide bonds. The number of pyridine rings is 1. The largest absolute Gasteiger partial charge is 0.435 e. The Labute approximate surface area is 184 Å². The summed E-state index contributed by atoms with van der Waals surface area (Å²) in [5, 5.41) is 9.22. The molecule has 5 rings (SSSR count). The molecule has 0 saturated heterocycles. The number of halogens is 3. The summed E-state index contributed by atoms with van der Waals surface area (Å²) in [6, 6.07) is 15.1. The number of rotatable bonds is 5. The van der Waals surface area contributed by atoms with Gasteiger partial charge in [0.15, 0.2) is 5.69 Å². The first-order valence-corrected chi connectivity index (χ1v) is 9.74. The Morgan fingerprint density at radius 3 is 2.67 bits per heavy atom. The topological polar surface area (TPSA) is 74.8 Å². The second-order valence-corrected chi connectivity index (χ2v) is 6.94. The molecule has 0 fully saturated rings. The lowest BCUT2D eigenvalue weighted by atomic mass is 10.1. The number of para-hydroxylation sites is 1. The van der Waals surface area contributed by atoms with E-state index in [1.807, 2.05) is 0 Å². The lowest BCUT2D eigenvalue weighted by Crippen LogP contribution is -2.15. The Morgan fingerprint density at radius 2 is 1.82 bits per heavy atom. The molecule has 0 unspecified atom stereocenters. The zero-order chi connectivity index (χ0) is 22.9. The number of benzene rings is 2. The lowest BCUT2D eigenvalue weighted by molar-refractivity contribution is -0.0498. The van der Waals surface area contributed by atoms with E-state index in [9.17, 15) is 18.0 Å². The summed E-state index contributed by atoms with van der Waals surface area (Å²) in [5.41, 5.74) is 1.16. The van der Waals surface area contributed by atoms with Gasteiger partial charge in [-0.25, -0.2) is 13.8 Å². The summed E-state index contributed by atoms with van der Waals surface area (Å²) in [4.78, 5) is 16.8. The van der Waals surface area contributed by atoms with Crippen LogP contribution in [0.25, 0.3) is 33.7 Å². The van der Waals surface area contributed by atoms with Gasteiger partial charge in [-0.1, -0.05) is 18.2 Å². The minimum absolute atomic E-state index is 0.0418. The Bertz CT molecular complexity index is 1530. The maximum Gasteiger partial charge on any atom is 0.387 e. The maximum atomic E-state index is 14.2. The maximum absolute atomic E-state index is 14.2. The molecule has 0 saturated carbocycles. The van der Waals surface area contributed by atoms with Crippen molar-refractivity contribution in [1.29, 1.82) is 0 Å². The summed E-state index contributed by atoms with van der Waals surface area (Å²) < 4.78 is 46.7. The van der Waals surface area contributed by atoms with Gasteiger partial charge in [-0.2, -0.15) is 19.0 Å². The Kier molecular flexibility index (Phi) is 5.09. The molecule has 3 aromatic heterocycles. The summed E-state index contributed by atoms with van der Waals surface area (Å²) >= 11 is 0. The second-order valence-electron chi connectivity index (χ2n) is 6.94. The summed E-state index contributed by atoms with van der Waals surface area (Å²) in [5.74, 6) is -0.519. The van der Waals surface area contributed by atoms with Crippen LogP contribution in [-0.4, -0.2) is 31.2 Å². The Hall–Kier alpha value is -4.47. The fourth-order valence-corrected chi connectivity index (χ4v) is 3.52. The van der Waals surface area contributed by atoms with E-state index in [-0.39, 0.29) is 22.4 Å². The molecule has 0 bridgehead atoms. The van der Waals surface area contributed by atoms with Crippen LogP contribution in [0.1, 0.15) is 0 Å². The predicted octanol–water partition coefficient (Wildman–Crippen LogP) is 4.37. The van der Waals surface area contributed by atoms with Crippen LogP contribution in [0.4, 0.5) is 13.2 Å². The SMILES string of the molecule is O=c1ccn(-c2cccc(OC(F)F)c2)nc1-c1ccnn1-c1ccnc2c(F)cccc12. The highest BCUT2D eigenvalue weighted by atomic mass is 19.3. The van der Waals surface area contributed by atoms with Crippen molar-refractivity contribution in [2.75, 3.05) is 0 Å². The van der Waals surface area contributed by atoms with Gasteiger partial charge in [0.25, 0.3) is 0 Å². The highest BCUT2D eigenvalue weighted by Gasteiger charge is 2.16. The van der Waals surface area contributed by atoms with Gasteiger partial charge >= 0.3 is 6.61 Å². The van der Waals surface area contributed by atoms with Crippen molar-refractivity contribution in [2.45, 2.75) is 6.61 Å². The summed E-state index contributed by atoms with van der Waals surface area (Å²) in [6.45, 7) is -2.97. The smallest absolute Gasteiger partial charge is 0.387 e. The zero-order valence-corrected chi connectivity index (χ0v) is 16.8. The van der Waals surface area contributed by atoms with Gasteiger partial charge in [0, 0.05) is 29.9 Å². The number of nitrogens with zero attached hydrogens (tertiary/aromatic N) is 5. The Morgan fingerprint density at radius 1 is 0.970 bits per heavy atom. The molecule has 0 radical (unpaired) electrons. The van der Waals surface area contributed by atoms with E-state index in [0.717, 1.165) is 0 Å². The van der Waals surface area contributed by atoms with E-state index in [2.05, 4.69) is 19.9 Å². The second kappa shape index (κ2) is 8.23. The lowest BCUT2D eigenvalue weighted by Gasteiger charge is -2.12. The van der Waals surface area contributed by atoms with Gasteiger partial charge in [0.05, 0.1) is 23.3 Å². The van der Waals surface area contributed by atoms with E-state index < -0.39 is 12.4 Å². The molecular weight excluding hydrogens is 435 g/mol. The van der Waals surface area contributed by atoms with Crippen LogP contribution in [0.15, 0.2) is 84.0 Å². The molecule has 0 aliphatic carbocycles. The number of hydrogen-bond donors (Lipinski definition) is 0. The van der Waals surface area contributed by atoms with Crippen molar-refractivity contribution in [1.82, 2.24) is 24.5 Å². The van der Waals surface area contributed by atoms with Crippen LogP contribution in [-0.2, 0) is 0 Å². The van der Waals surface area contributed by atoms with Crippen LogP contribution in [0.3, 0.4) is 0 Å². The number of fused-ring (bicyclic) bond motifs is 1. The molecule has 3 heterocycles. The Balaban J connectivity index is 1.63. The van der Waals surface area contributed by atoms with Crippen LogP contribution in [0.5, 0.6) is 5.75 Å². The highest BCUT2D eigenvalue weighted by molar-refractivity contribution is 5.87. The van der Waals surface area contributed by atoms with E-state index in [4.69, 9.17) is 0 Å². The molecule has 0 aliphatic rings. The minimum Gasteiger partial charge on any atom is -0.435 e. The standard InChI is InChI=1S/C23H14F3N5O2/c24-17-6-2-5-16-18(7-10-27-21(16)17)31-19(8-11-28-31)22-20(32)9-12-30(29-22)14-3-1-4-15(13-14)33-23(25)26/h1-13,23H. The van der Waals surface area contributed by atoms with Crippen molar-refractivity contribution in [3.8, 4) is 28.5 Å². The predicted molar refractivity (Wildman–Crippen MR) is 114 cm³/mol. The third-order valence-electron chi connectivity index (χ3n) is 4.93. The van der Waals surface area contributed by atoms with Gasteiger partial charge in [-0.05, 0) is 30.3 Å². The van der Waals surface area contributed by atoms with Crippen molar-refractivity contribution >= 4 is 10.9 Å². The van der Waals surface area contributed by atoms with Crippen molar-refractivity contribution in [3.63, 3.8) is 0 Å². The van der Waals surface area contributed by atoms with Crippen molar-refractivity contribution in [2.24, 2.45) is 0 Å². The molecular formula is C23H14F3N5O2. The van der Waals surface area contributed by atoms with Gasteiger partial charge < -0.3 is 4.74 Å². The van der Waals surface area contributed by atoms with Gasteiger partial charge in [-0.15, -0.1) is 0 Å². The van der Waals surface area contributed by atoms with E-state index in [0.29, 0.717) is 22.5 Å². The monoisotopic (exact) mass is 449 g/mol. The average molecular weight is 449 g/mol. The molecule has 0 spiro atoms. The fourth-order valence-electron chi connectivity index (χ4n) is 3.52. The van der Waals surface area contributed by atoms with Crippen LogP contribution in [0, 0.1) is 5.82 Å². The van der Waals surface area contributed by atoms with Crippen LogP contribution >= 0.6 is 0 Å². The first-order valence-electron chi connectivity index (χ1n) is 9.74. The van der Waals surface area contributed by atoms with Gasteiger partial charge in [0.2, 0.25) is 5.43 Å². The van der Waals surface area contributed by atoms with Crippen molar-refractivity contribution in [3.05, 3.63) is 95.3 Å². The zero-order valence-electron chi connectivity index (χ0n) is 16.8. The first kappa shape index (κ1) is 20.4. The average Bonchev–Trinajstić information content (AvgIpc) is 3.28. The van der Waals surface area contributed by atoms with Crippen LogP contribution < -0.4 is 10.2 Å². The quantitative estimate of drug-likeness (QED) is 0.398. The highest BCUT2D eigenvalue weighted by Crippen LogP contribution is 2.26. The number of alkyl halides is 2. The first-order chi connectivity index (χ1) is 16.0. The van der Waals surface area contributed by atoms with E-state index in [1.165, 1.54) is 58.3 Å². The summed E-state index contributed by atoms with van der Waals surface area (Å²) in [7, 11) is 0. The van der Waals surface area contributed by atoms with E-state index in [1.54, 1.807) is 30.3 Å². The van der Waals surface area contributed by atoms with E-state index >= 15 is 0 Å². The molecule has 0 aliphatic heterocycles. The normalized spacial score (nSPS) is 11.3. The minimum atomic E-state index is -2.97. The third-order valence-corrected chi connectivity index (χ3v) is 4.93. The molecule has 5 aromatic rings. The molecule has 33 heavy (non-hydrogen) atoms. The number of hydrogen-bond acceptors (Lipinski definition) is 5. The molecule has 2 aromatic carbocycles. The molecule has 0 atom stereocenters. The fraction of sp³-hybridized carbons (Fsp3) is 0.0435. The molecule has 164 valence electrons. The van der Waals surface area contributed by atoms with Gasteiger partial charge in [0.1, 0.15) is 17.1 Å². The molecule has 10 heteroatoms. The number of ether oxygens (including phenoxy) is 1. The third kappa shape index (κ3) is 3.82. The van der Waals surface area contributed by atoms with Crippen molar-refractivity contribution < 1.29 is 17.9 Å². The molecule has 0 N–H and O–H groups in total.